The second kappa shape index (κ2) is 7.42. The number of piperazine rings is 1. The van der Waals surface area contributed by atoms with Crippen molar-refractivity contribution in [2.24, 2.45) is 0 Å². The van der Waals surface area contributed by atoms with E-state index in [9.17, 15) is 13.2 Å². The van der Waals surface area contributed by atoms with Crippen molar-refractivity contribution in [3.8, 4) is 12.3 Å². The minimum atomic E-state index is -2.99. The highest BCUT2D eigenvalue weighted by atomic mass is 32.2. The molecular formula is C17H22N4O3S. The van der Waals surface area contributed by atoms with Crippen LogP contribution in [0.3, 0.4) is 0 Å². The van der Waals surface area contributed by atoms with E-state index in [0.717, 1.165) is 32.0 Å². The van der Waals surface area contributed by atoms with Crippen molar-refractivity contribution in [3.63, 3.8) is 0 Å². The summed E-state index contributed by atoms with van der Waals surface area (Å²) in [6, 6.07) is 3.62. The Balaban J connectivity index is 1.59. The van der Waals surface area contributed by atoms with E-state index < -0.39 is 9.84 Å². The van der Waals surface area contributed by atoms with Crippen LogP contribution < -0.4 is 4.90 Å². The molecule has 2 fully saturated rings. The molecule has 0 spiro atoms. The van der Waals surface area contributed by atoms with Crippen LogP contribution in [0.1, 0.15) is 10.4 Å². The molecule has 8 heteroatoms. The van der Waals surface area contributed by atoms with Gasteiger partial charge in [-0.25, -0.2) is 13.4 Å². The molecule has 0 N–H and O–H groups in total. The summed E-state index contributed by atoms with van der Waals surface area (Å²) in [5.74, 6) is 3.41. The van der Waals surface area contributed by atoms with Gasteiger partial charge in [0.05, 0.1) is 23.6 Å². The standard InChI is InChI=1S/C17H22N4O3S/c1-2-5-19-6-8-20(9-7-19)16-4-3-15(14-18-16)17(22)21-10-12-25(23,24)13-11-21/h1,3-4,14H,5-13H2. The Labute approximate surface area is 148 Å². The van der Waals surface area contributed by atoms with Gasteiger partial charge in [-0.05, 0) is 12.1 Å². The topological polar surface area (TPSA) is 73.8 Å². The van der Waals surface area contributed by atoms with E-state index in [1.54, 1.807) is 17.2 Å². The molecule has 1 amide bonds. The van der Waals surface area contributed by atoms with E-state index in [2.05, 4.69) is 20.7 Å². The van der Waals surface area contributed by atoms with Crippen molar-refractivity contribution in [1.82, 2.24) is 14.8 Å². The number of nitrogens with zero attached hydrogens (tertiary/aromatic N) is 4. The van der Waals surface area contributed by atoms with E-state index in [1.807, 2.05) is 6.07 Å². The maximum Gasteiger partial charge on any atom is 0.255 e. The van der Waals surface area contributed by atoms with Crippen LogP contribution in [-0.2, 0) is 9.84 Å². The van der Waals surface area contributed by atoms with Crippen molar-refractivity contribution in [1.29, 1.82) is 0 Å². The third-order valence-electron chi connectivity index (χ3n) is 4.64. The number of hydrogen-bond donors (Lipinski definition) is 0. The van der Waals surface area contributed by atoms with Crippen LogP contribution in [0.5, 0.6) is 0 Å². The van der Waals surface area contributed by atoms with Crippen LogP contribution in [0.2, 0.25) is 0 Å². The molecule has 1 aromatic heterocycles. The van der Waals surface area contributed by atoms with Crippen LogP contribution in [-0.4, -0.2) is 86.4 Å². The number of pyridine rings is 1. The van der Waals surface area contributed by atoms with Crippen molar-refractivity contribution in [2.45, 2.75) is 0 Å². The number of carbonyl (C=O) groups is 1. The first-order valence-electron chi connectivity index (χ1n) is 8.35. The molecule has 2 saturated heterocycles. The fourth-order valence-electron chi connectivity index (χ4n) is 3.06. The Morgan fingerprint density at radius 3 is 2.36 bits per heavy atom. The van der Waals surface area contributed by atoms with Crippen molar-refractivity contribution in [2.75, 3.05) is 62.2 Å². The van der Waals surface area contributed by atoms with Gasteiger partial charge in [-0.3, -0.25) is 9.69 Å². The van der Waals surface area contributed by atoms with Gasteiger partial charge >= 0.3 is 0 Å². The van der Waals surface area contributed by atoms with Gasteiger partial charge in [0.15, 0.2) is 9.84 Å². The highest BCUT2D eigenvalue weighted by Crippen LogP contribution is 2.16. The molecule has 3 heterocycles. The number of aromatic nitrogens is 1. The average Bonchev–Trinajstić information content (AvgIpc) is 2.62. The second-order valence-corrected chi connectivity index (χ2v) is 8.62. The first kappa shape index (κ1) is 17.7. The Bertz CT molecular complexity index is 748. The molecule has 2 aliphatic rings. The highest BCUT2D eigenvalue weighted by Gasteiger charge is 2.26. The first-order valence-corrected chi connectivity index (χ1v) is 10.2. The van der Waals surface area contributed by atoms with Crippen LogP contribution in [0.4, 0.5) is 5.82 Å². The van der Waals surface area contributed by atoms with Gasteiger partial charge in [-0.2, -0.15) is 0 Å². The fraction of sp³-hybridized carbons (Fsp3) is 0.529. The molecular weight excluding hydrogens is 340 g/mol. The zero-order chi connectivity index (χ0) is 17.9. The summed E-state index contributed by atoms with van der Waals surface area (Å²) < 4.78 is 22.9. The number of amides is 1. The molecule has 7 nitrogen and oxygen atoms in total. The lowest BCUT2D eigenvalue weighted by molar-refractivity contribution is 0.0770. The van der Waals surface area contributed by atoms with E-state index in [4.69, 9.17) is 6.42 Å². The second-order valence-electron chi connectivity index (χ2n) is 6.32. The number of rotatable bonds is 3. The Morgan fingerprint density at radius 1 is 1.12 bits per heavy atom. The maximum absolute atomic E-state index is 12.5. The van der Waals surface area contributed by atoms with E-state index in [0.29, 0.717) is 12.1 Å². The average molecular weight is 362 g/mol. The van der Waals surface area contributed by atoms with Gasteiger partial charge in [0.2, 0.25) is 0 Å². The predicted octanol–water partition coefficient (Wildman–Crippen LogP) is -0.293. The maximum atomic E-state index is 12.5. The normalized spacial score (nSPS) is 20.9. The lowest BCUT2D eigenvalue weighted by atomic mass is 10.2. The first-order chi connectivity index (χ1) is 12.0. The SMILES string of the molecule is C#CCN1CCN(c2ccc(C(=O)N3CCS(=O)(=O)CC3)cn2)CC1. The van der Waals surface area contributed by atoms with Gasteiger partial charge in [0, 0.05) is 45.5 Å². The summed E-state index contributed by atoms with van der Waals surface area (Å²) in [6.07, 6.45) is 6.92. The molecule has 0 saturated carbocycles. The lowest BCUT2D eigenvalue weighted by Gasteiger charge is -2.34. The summed E-state index contributed by atoms with van der Waals surface area (Å²) in [5.41, 5.74) is 0.494. The molecule has 3 rings (SSSR count). The number of sulfone groups is 1. The highest BCUT2D eigenvalue weighted by molar-refractivity contribution is 7.91. The Morgan fingerprint density at radius 2 is 1.80 bits per heavy atom. The minimum absolute atomic E-state index is 0.0339. The Hall–Kier alpha value is -2.11. The molecule has 0 bridgehead atoms. The molecule has 25 heavy (non-hydrogen) atoms. The van der Waals surface area contributed by atoms with Gasteiger partial charge in [-0.1, -0.05) is 5.92 Å². The van der Waals surface area contributed by atoms with Crippen molar-refractivity contribution < 1.29 is 13.2 Å². The molecule has 1 aromatic rings. The van der Waals surface area contributed by atoms with E-state index in [-0.39, 0.29) is 30.5 Å². The van der Waals surface area contributed by atoms with Crippen LogP contribution >= 0.6 is 0 Å². The zero-order valence-corrected chi connectivity index (χ0v) is 14.9. The summed E-state index contributed by atoms with van der Waals surface area (Å²) in [6.45, 7) is 4.67. The van der Waals surface area contributed by atoms with Gasteiger partial charge in [0.25, 0.3) is 5.91 Å². The summed E-state index contributed by atoms with van der Waals surface area (Å²) in [7, 11) is -2.99. The van der Waals surface area contributed by atoms with E-state index >= 15 is 0 Å². The van der Waals surface area contributed by atoms with Gasteiger partial charge in [-0.15, -0.1) is 6.42 Å². The van der Waals surface area contributed by atoms with Crippen LogP contribution in [0.15, 0.2) is 18.3 Å². The summed E-state index contributed by atoms with van der Waals surface area (Å²) >= 11 is 0. The third kappa shape index (κ3) is 4.30. The van der Waals surface area contributed by atoms with Gasteiger partial charge < -0.3 is 9.80 Å². The largest absolute Gasteiger partial charge is 0.354 e. The van der Waals surface area contributed by atoms with Crippen molar-refractivity contribution >= 4 is 21.6 Å². The molecule has 0 unspecified atom stereocenters. The van der Waals surface area contributed by atoms with Crippen LogP contribution in [0.25, 0.3) is 0 Å². The molecule has 0 aromatic carbocycles. The Kier molecular flexibility index (Phi) is 5.25. The number of carbonyl (C=O) groups excluding carboxylic acids is 1. The zero-order valence-electron chi connectivity index (χ0n) is 14.1. The van der Waals surface area contributed by atoms with E-state index in [1.165, 1.54) is 0 Å². The monoisotopic (exact) mass is 362 g/mol. The number of terminal acetylenes is 1. The molecule has 0 radical (unpaired) electrons. The third-order valence-corrected chi connectivity index (χ3v) is 6.25. The quantitative estimate of drug-likeness (QED) is 0.688. The lowest BCUT2D eigenvalue weighted by Crippen LogP contribution is -2.46. The fourth-order valence-corrected chi connectivity index (χ4v) is 4.26. The summed E-state index contributed by atoms with van der Waals surface area (Å²) in [4.78, 5) is 22.9. The molecule has 0 atom stereocenters. The predicted molar refractivity (Wildman–Crippen MR) is 96.3 cm³/mol. The van der Waals surface area contributed by atoms with Gasteiger partial charge in [0.1, 0.15) is 5.82 Å². The molecule has 0 aliphatic carbocycles. The number of hydrogen-bond acceptors (Lipinski definition) is 6. The smallest absolute Gasteiger partial charge is 0.255 e. The number of anilines is 1. The van der Waals surface area contributed by atoms with Crippen molar-refractivity contribution in [3.05, 3.63) is 23.9 Å². The molecule has 2 aliphatic heterocycles. The van der Waals surface area contributed by atoms with Crippen LogP contribution in [0, 0.1) is 12.3 Å². The minimum Gasteiger partial charge on any atom is -0.354 e. The molecule has 134 valence electrons. The summed E-state index contributed by atoms with van der Waals surface area (Å²) in [5, 5.41) is 0.